The maximum Gasteiger partial charge on any atom is 0.252 e. The highest BCUT2D eigenvalue weighted by Gasteiger charge is 2.18. The van der Waals surface area contributed by atoms with Gasteiger partial charge in [-0.25, -0.2) is 9.37 Å². The van der Waals surface area contributed by atoms with Crippen molar-refractivity contribution in [1.29, 1.82) is 0 Å². The van der Waals surface area contributed by atoms with E-state index in [1.165, 1.54) is 18.5 Å². The Kier molecular flexibility index (Phi) is 5.05. The van der Waals surface area contributed by atoms with Crippen molar-refractivity contribution >= 4 is 5.91 Å². The van der Waals surface area contributed by atoms with Gasteiger partial charge in [0, 0.05) is 5.56 Å². The zero-order valence-electron chi connectivity index (χ0n) is 14.9. The van der Waals surface area contributed by atoms with Crippen molar-refractivity contribution in [1.82, 2.24) is 10.3 Å². The minimum Gasteiger partial charge on any atom is -0.494 e. The number of benzene rings is 2. The van der Waals surface area contributed by atoms with Crippen molar-refractivity contribution in [2.24, 2.45) is 0 Å². The van der Waals surface area contributed by atoms with E-state index in [9.17, 15) is 9.18 Å². The first-order chi connectivity index (χ1) is 13.7. The monoisotopic (exact) mass is 380 g/mol. The van der Waals surface area contributed by atoms with E-state index in [1.54, 1.807) is 42.5 Å². The van der Waals surface area contributed by atoms with Gasteiger partial charge in [-0.15, -0.1) is 0 Å². The van der Waals surface area contributed by atoms with Gasteiger partial charge < -0.3 is 19.2 Å². The lowest BCUT2D eigenvalue weighted by molar-refractivity contribution is 0.0775. The molecule has 0 unspecified atom stereocenters. The normalized spacial score (nSPS) is 13.2. The minimum atomic E-state index is -0.404. The molecule has 7 heteroatoms. The smallest absolute Gasteiger partial charge is 0.252 e. The molecule has 0 radical (unpaired) electrons. The molecule has 1 amide bonds. The number of aromatic nitrogens is 1. The molecule has 0 bridgehead atoms. The average molecular weight is 380 g/mol. The molecule has 3 aromatic rings. The van der Waals surface area contributed by atoms with E-state index in [1.807, 2.05) is 0 Å². The molecule has 1 aliphatic heterocycles. The summed E-state index contributed by atoms with van der Waals surface area (Å²) >= 11 is 0. The highest BCUT2D eigenvalue weighted by molar-refractivity contribution is 6.00. The van der Waals surface area contributed by atoms with Crippen LogP contribution in [-0.2, 0) is 9.47 Å². The molecule has 1 N–H and O–H groups in total. The number of amides is 1. The van der Waals surface area contributed by atoms with Gasteiger partial charge in [0.1, 0.15) is 31.1 Å². The Labute approximate surface area is 160 Å². The van der Waals surface area contributed by atoms with Gasteiger partial charge in [0.25, 0.3) is 5.91 Å². The van der Waals surface area contributed by atoms with E-state index in [0.717, 1.165) is 0 Å². The molecule has 2 heterocycles. The number of carbonyl (C=O) groups is 1. The highest BCUT2D eigenvalue weighted by atomic mass is 19.1. The Morgan fingerprint density at radius 2 is 1.86 bits per heavy atom. The third kappa shape index (κ3) is 3.73. The fourth-order valence-electron chi connectivity index (χ4n) is 2.81. The summed E-state index contributed by atoms with van der Waals surface area (Å²) in [4.78, 5) is 16.9. The maximum atomic E-state index is 14.0. The van der Waals surface area contributed by atoms with Crippen LogP contribution in [0.1, 0.15) is 10.4 Å². The van der Waals surface area contributed by atoms with Crippen LogP contribution in [0.3, 0.4) is 0 Å². The third-order valence-corrected chi connectivity index (χ3v) is 4.17. The zero-order valence-corrected chi connectivity index (χ0v) is 14.9. The predicted molar refractivity (Wildman–Crippen MR) is 99.7 cm³/mol. The Morgan fingerprint density at radius 1 is 1.07 bits per heavy atom. The summed E-state index contributed by atoms with van der Waals surface area (Å²) in [6.07, 6.45) is 2.94. The van der Waals surface area contributed by atoms with E-state index in [2.05, 4.69) is 10.3 Å². The molecule has 0 saturated carbocycles. The lowest BCUT2D eigenvalue weighted by Crippen LogP contribution is -2.28. The summed E-state index contributed by atoms with van der Waals surface area (Å²) in [5.74, 6) is 0.368. The summed E-state index contributed by atoms with van der Waals surface area (Å²) in [6.45, 7) is 1.15. The molecule has 28 heavy (non-hydrogen) atoms. The number of rotatable bonds is 5. The number of carbonyl (C=O) groups excluding carboxylic acids is 1. The van der Waals surface area contributed by atoms with Crippen LogP contribution in [0.4, 0.5) is 4.39 Å². The van der Waals surface area contributed by atoms with Crippen LogP contribution < -0.4 is 5.32 Å². The fourth-order valence-corrected chi connectivity index (χ4v) is 2.81. The fraction of sp³-hybridized carbons (Fsp3) is 0.143. The van der Waals surface area contributed by atoms with E-state index in [4.69, 9.17) is 13.9 Å². The second-order valence-electron chi connectivity index (χ2n) is 6.04. The number of ether oxygens (including phenoxy) is 2. The van der Waals surface area contributed by atoms with Crippen molar-refractivity contribution in [2.45, 2.75) is 0 Å². The molecule has 1 aliphatic rings. The zero-order chi connectivity index (χ0) is 19.3. The van der Waals surface area contributed by atoms with Crippen LogP contribution in [0.5, 0.6) is 0 Å². The lowest BCUT2D eigenvalue weighted by atomic mass is 10.1. The lowest BCUT2D eigenvalue weighted by Gasteiger charge is -2.16. The van der Waals surface area contributed by atoms with Crippen molar-refractivity contribution in [3.05, 3.63) is 78.1 Å². The minimum absolute atomic E-state index is 0.208. The number of halogens is 1. The van der Waals surface area contributed by atoms with Gasteiger partial charge in [-0.05, 0) is 24.3 Å². The van der Waals surface area contributed by atoms with Gasteiger partial charge in [0.2, 0.25) is 5.89 Å². The van der Waals surface area contributed by atoms with Gasteiger partial charge in [0.05, 0.1) is 23.9 Å². The first kappa shape index (κ1) is 17.8. The van der Waals surface area contributed by atoms with Crippen LogP contribution in [0.25, 0.3) is 22.8 Å². The number of hydrogen-bond acceptors (Lipinski definition) is 5. The first-order valence-corrected chi connectivity index (χ1v) is 8.74. The van der Waals surface area contributed by atoms with Gasteiger partial charge in [-0.1, -0.05) is 24.3 Å². The second-order valence-corrected chi connectivity index (χ2v) is 6.04. The van der Waals surface area contributed by atoms with Crippen molar-refractivity contribution in [2.75, 3.05) is 19.8 Å². The number of nitrogens with zero attached hydrogens (tertiary/aromatic N) is 1. The number of nitrogens with one attached hydrogen (secondary N) is 1. The standard InChI is InChI=1S/C21H17FN2O4/c22-18-8-4-3-7-17(18)19-12-24-21(28-19)16-6-2-1-5-15(16)20(25)23-11-14-13-26-9-10-27-14/h1-8,12-13H,9-11H2,(H,23,25). The topological polar surface area (TPSA) is 73.6 Å². The quantitative estimate of drug-likeness (QED) is 0.730. The Balaban J connectivity index is 1.57. The molecule has 0 fully saturated rings. The maximum absolute atomic E-state index is 14.0. The third-order valence-electron chi connectivity index (χ3n) is 4.17. The van der Waals surface area contributed by atoms with E-state index in [0.29, 0.717) is 41.4 Å². The predicted octanol–water partition coefficient (Wildman–Crippen LogP) is 3.77. The van der Waals surface area contributed by atoms with Crippen LogP contribution in [0.2, 0.25) is 0 Å². The molecule has 0 spiro atoms. The summed E-state index contributed by atoms with van der Waals surface area (Å²) in [7, 11) is 0. The summed E-state index contributed by atoms with van der Waals surface area (Å²) in [6, 6.07) is 13.2. The molecule has 6 nitrogen and oxygen atoms in total. The second kappa shape index (κ2) is 7.96. The average Bonchev–Trinajstić information content (AvgIpc) is 3.23. The molecule has 0 atom stereocenters. The van der Waals surface area contributed by atoms with Gasteiger partial charge in [-0.3, -0.25) is 4.79 Å². The highest BCUT2D eigenvalue weighted by Crippen LogP contribution is 2.29. The van der Waals surface area contributed by atoms with Crippen LogP contribution >= 0.6 is 0 Å². The van der Waals surface area contributed by atoms with Gasteiger partial charge in [-0.2, -0.15) is 0 Å². The Bertz CT molecular complexity index is 1030. The Hall–Kier alpha value is -3.61. The largest absolute Gasteiger partial charge is 0.494 e. The van der Waals surface area contributed by atoms with Crippen molar-refractivity contribution < 1.29 is 23.1 Å². The summed E-state index contributed by atoms with van der Waals surface area (Å²) in [5, 5.41) is 2.78. The van der Waals surface area contributed by atoms with Crippen molar-refractivity contribution in [3.63, 3.8) is 0 Å². The molecular weight excluding hydrogens is 363 g/mol. The van der Waals surface area contributed by atoms with Gasteiger partial charge >= 0.3 is 0 Å². The molecule has 0 aliphatic carbocycles. The molecule has 1 aromatic heterocycles. The molecular formula is C21H17FN2O4. The number of hydrogen-bond donors (Lipinski definition) is 1. The van der Waals surface area contributed by atoms with E-state index >= 15 is 0 Å². The summed E-state index contributed by atoms with van der Waals surface area (Å²) in [5.41, 5.74) is 1.21. The van der Waals surface area contributed by atoms with Crippen LogP contribution in [0.15, 0.2) is 71.2 Å². The summed E-state index contributed by atoms with van der Waals surface area (Å²) < 4.78 is 30.3. The number of oxazole rings is 1. The molecule has 2 aromatic carbocycles. The first-order valence-electron chi connectivity index (χ1n) is 8.74. The SMILES string of the molecule is O=C(NCC1=COCCO1)c1ccccc1-c1ncc(-c2ccccc2F)o1. The van der Waals surface area contributed by atoms with E-state index in [-0.39, 0.29) is 18.3 Å². The van der Waals surface area contributed by atoms with E-state index < -0.39 is 5.82 Å². The van der Waals surface area contributed by atoms with Crippen molar-refractivity contribution in [3.8, 4) is 22.8 Å². The molecule has 142 valence electrons. The van der Waals surface area contributed by atoms with Gasteiger partial charge in [0.15, 0.2) is 5.76 Å². The molecule has 4 rings (SSSR count). The molecule has 0 saturated heterocycles. The van der Waals surface area contributed by atoms with Crippen LogP contribution in [-0.4, -0.2) is 30.6 Å². The Morgan fingerprint density at radius 3 is 2.64 bits per heavy atom. The van der Waals surface area contributed by atoms with Crippen LogP contribution in [0, 0.1) is 5.82 Å².